The van der Waals surface area contributed by atoms with Crippen LogP contribution in [0.4, 0.5) is 10.8 Å². The number of aromatic nitrogens is 1. The molecule has 7 heteroatoms. The molecule has 0 radical (unpaired) electrons. The van der Waals surface area contributed by atoms with Crippen LogP contribution in [0.5, 0.6) is 0 Å². The van der Waals surface area contributed by atoms with Crippen LogP contribution in [0.1, 0.15) is 45.4 Å². The maximum Gasteiger partial charge on any atom is 0.246 e. The van der Waals surface area contributed by atoms with Crippen LogP contribution in [0.2, 0.25) is 0 Å². The van der Waals surface area contributed by atoms with E-state index in [1.807, 2.05) is 18.2 Å². The Balaban J connectivity index is 1.39. The van der Waals surface area contributed by atoms with Crippen molar-refractivity contribution in [2.45, 2.75) is 51.5 Å². The molecule has 2 aromatic rings. The molecule has 0 unspecified atom stereocenters. The quantitative estimate of drug-likeness (QED) is 0.824. The van der Waals surface area contributed by atoms with E-state index in [0.29, 0.717) is 0 Å². The average Bonchev–Trinajstić information content (AvgIpc) is 3.41. The van der Waals surface area contributed by atoms with Gasteiger partial charge < -0.3 is 15.5 Å². The molecule has 1 aromatic heterocycles. The Hall–Kier alpha value is -2.15. The molecule has 144 valence electrons. The van der Waals surface area contributed by atoms with Gasteiger partial charge in [-0.05, 0) is 50.8 Å². The van der Waals surface area contributed by atoms with Crippen molar-refractivity contribution in [2.24, 2.45) is 5.92 Å². The van der Waals surface area contributed by atoms with Gasteiger partial charge >= 0.3 is 0 Å². The van der Waals surface area contributed by atoms with Crippen LogP contribution in [0.25, 0.3) is 10.2 Å². The number of nitrogens with zero attached hydrogens (tertiary/aromatic N) is 2. The highest BCUT2D eigenvalue weighted by Crippen LogP contribution is 2.32. The molecule has 1 aliphatic heterocycles. The summed E-state index contributed by atoms with van der Waals surface area (Å²) >= 11 is 1.67. The highest BCUT2D eigenvalue weighted by atomic mass is 32.1. The SMILES string of the molecule is C[C@H](NC(=O)C1CCCC1)C(=O)Nc1ccc2nc(N3CCCC3)sc2c1. The molecule has 6 nitrogen and oxygen atoms in total. The molecule has 4 rings (SSSR count). The predicted molar refractivity (Wildman–Crippen MR) is 109 cm³/mol. The normalized spacial score (nSPS) is 18.8. The van der Waals surface area contributed by atoms with Gasteiger partial charge in [-0.1, -0.05) is 24.2 Å². The number of anilines is 2. The topological polar surface area (TPSA) is 74.3 Å². The Labute approximate surface area is 163 Å². The summed E-state index contributed by atoms with van der Waals surface area (Å²) in [5.41, 5.74) is 1.70. The maximum absolute atomic E-state index is 12.5. The van der Waals surface area contributed by atoms with Gasteiger partial charge in [0.15, 0.2) is 5.13 Å². The summed E-state index contributed by atoms with van der Waals surface area (Å²) in [6, 6.07) is 5.24. The highest BCUT2D eigenvalue weighted by molar-refractivity contribution is 7.22. The zero-order valence-electron chi connectivity index (χ0n) is 15.7. The van der Waals surface area contributed by atoms with Crippen molar-refractivity contribution in [1.82, 2.24) is 10.3 Å². The van der Waals surface area contributed by atoms with Gasteiger partial charge in [0.25, 0.3) is 0 Å². The molecule has 1 atom stereocenters. The van der Waals surface area contributed by atoms with Crippen molar-refractivity contribution in [2.75, 3.05) is 23.3 Å². The van der Waals surface area contributed by atoms with Crippen molar-refractivity contribution in [3.8, 4) is 0 Å². The van der Waals surface area contributed by atoms with Crippen molar-refractivity contribution in [3.05, 3.63) is 18.2 Å². The van der Waals surface area contributed by atoms with Gasteiger partial charge in [-0.25, -0.2) is 4.98 Å². The van der Waals surface area contributed by atoms with Crippen LogP contribution >= 0.6 is 11.3 Å². The smallest absolute Gasteiger partial charge is 0.246 e. The fourth-order valence-electron chi connectivity index (χ4n) is 3.87. The van der Waals surface area contributed by atoms with E-state index < -0.39 is 6.04 Å². The lowest BCUT2D eigenvalue weighted by Gasteiger charge is -2.16. The van der Waals surface area contributed by atoms with Crippen LogP contribution in [-0.2, 0) is 9.59 Å². The monoisotopic (exact) mass is 386 g/mol. The van der Waals surface area contributed by atoms with Crippen LogP contribution < -0.4 is 15.5 Å². The third kappa shape index (κ3) is 4.08. The van der Waals surface area contributed by atoms with E-state index in [1.165, 1.54) is 12.8 Å². The number of amides is 2. The van der Waals surface area contributed by atoms with Crippen LogP contribution in [0, 0.1) is 5.92 Å². The molecule has 2 heterocycles. The first-order chi connectivity index (χ1) is 13.1. The third-order valence-electron chi connectivity index (χ3n) is 5.50. The summed E-state index contributed by atoms with van der Waals surface area (Å²) in [4.78, 5) is 31.7. The largest absolute Gasteiger partial charge is 0.348 e. The average molecular weight is 387 g/mol. The highest BCUT2D eigenvalue weighted by Gasteiger charge is 2.25. The molecule has 1 saturated heterocycles. The number of nitrogens with one attached hydrogen (secondary N) is 2. The first-order valence-electron chi connectivity index (χ1n) is 9.87. The number of carbonyl (C=O) groups is 2. The number of fused-ring (bicyclic) bond motifs is 1. The predicted octanol–water partition coefficient (Wildman–Crippen LogP) is 3.53. The standard InChI is InChI=1S/C20H26N4O2S/c1-13(21-19(26)14-6-2-3-7-14)18(25)22-15-8-9-16-17(12-15)27-20(23-16)24-10-4-5-11-24/h8-9,12-14H,2-7,10-11H2,1H3,(H,21,26)(H,22,25)/t13-/m0/s1. The minimum absolute atomic E-state index is 0.00307. The Morgan fingerprint density at radius 1 is 1.19 bits per heavy atom. The molecule has 0 bridgehead atoms. The second-order valence-corrected chi connectivity index (χ2v) is 8.58. The molecule has 1 aromatic carbocycles. The van der Waals surface area contributed by atoms with Gasteiger partial charge in [-0.15, -0.1) is 0 Å². The minimum Gasteiger partial charge on any atom is -0.348 e. The van der Waals surface area contributed by atoms with Gasteiger partial charge in [0.1, 0.15) is 6.04 Å². The zero-order chi connectivity index (χ0) is 18.8. The fourth-order valence-corrected chi connectivity index (χ4v) is 4.93. The summed E-state index contributed by atoms with van der Waals surface area (Å²) in [5.74, 6) is -0.119. The van der Waals surface area contributed by atoms with Gasteiger partial charge in [-0.3, -0.25) is 9.59 Å². The minimum atomic E-state index is -0.546. The number of thiazole rings is 1. The fraction of sp³-hybridized carbons (Fsp3) is 0.550. The molecule has 2 fully saturated rings. The molecule has 2 N–H and O–H groups in total. The number of hydrogen-bond donors (Lipinski definition) is 2. The molecule has 1 aliphatic carbocycles. The number of hydrogen-bond acceptors (Lipinski definition) is 5. The molecular formula is C20H26N4O2S. The van der Waals surface area contributed by atoms with E-state index >= 15 is 0 Å². The van der Waals surface area contributed by atoms with E-state index in [1.54, 1.807) is 18.3 Å². The van der Waals surface area contributed by atoms with E-state index in [-0.39, 0.29) is 17.7 Å². The Bertz CT molecular complexity index is 838. The molecule has 0 spiro atoms. The van der Waals surface area contributed by atoms with Crippen molar-refractivity contribution in [3.63, 3.8) is 0 Å². The van der Waals surface area contributed by atoms with E-state index in [0.717, 1.165) is 59.8 Å². The summed E-state index contributed by atoms with van der Waals surface area (Å²) in [6.45, 7) is 3.88. The number of benzene rings is 1. The summed E-state index contributed by atoms with van der Waals surface area (Å²) < 4.78 is 1.07. The lowest BCUT2D eigenvalue weighted by Crippen LogP contribution is -2.43. The zero-order valence-corrected chi connectivity index (χ0v) is 16.5. The van der Waals surface area contributed by atoms with Gasteiger partial charge in [-0.2, -0.15) is 0 Å². The summed E-state index contributed by atoms with van der Waals surface area (Å²) in [7, 11) is 0. The molecular weight excluding hydrogens is 360 g/mol. The van der Waals surface area contributed by atoms with Gasteiger partial charge in [0.2, 0.25) is 11.8 Å². The van der Waals surface area contributed by atoms with E-state index in [9.17, 15) is 9.59 Å². The Kier molecular flexibility index (Phi) is 5.29. The first-order valence-corrected chi connectivity index (χ1v) is 10.7. The first kappa shape index (κ1) is 18.2. The molecule has 1 saturated carbocycles. The van der Waals surface area contributed by atoms with Crippen LogP contribution in [0.3, 0.4) is 0 Å². The van der Waals surface area contributed by atoms with E-state index in [4.69, 9.17) is 4.98 Å². The second-order valence-electron chi connectivity index (χ2n) is 7.57. The van der Waals surface area contributed by atoms with E-state index in [2.05, 4.69) is 15.5 Å². The van der Waals surface area contributed by atoms with Crippen molar-refractivity contribution < 1.29 is 9.59 Å². The lowest BCUT2D eigenvalue weighted by atomic mass is 10.1. The maximum atomic E-state index is 12.5. The number of carbonyl (C=O) groups excluding carboxylic acids is 2. The summed E-state index contributed by atoms with van der Waals surface area (Å²) in [5, 5.41) is 6.83. The summed E-state index contributed by atoms with van der Waals surface area (Å²) in [6.07, 6.45) is 6.52. The molecule has 27 heavy (non-hydrogen) atoms. The van der Waals surface area contributed by atoms with Crippen molar-refractivity contribution in [1.29, 1.82) is 0 Å². The molecule has 2 amide bonds. The lowest BCUT2D eigenvalue weighted by molar-refractivity contribution is -0.128. The Morgan fingerprint density at radius 2 is 1.93 bits per heavy atom. The molecule has 2 aliphatic rings. The Morgan fingerprint density at radius 3 is 2.67 bits per heavy atom. The van der Waals surface area contributed by atoms with Crippen molar-refractivity contribution >= 4 is 44.2 Å². The number of rotatable bonds is 5. The van der Waals surface area contributed by atoms with Crippen LogP contribution in [-0.4, -0.2) is 35.9 Å². The van der Waals surface area contributed by atoms with Crippen LogP contribution in [0.15, 0.2) is 18.2 Å². The van der Waals surface area contributed by atoms with Gasteiger partial charge in [0, 0.05) is 24.7 Å². The third-order valence-corrected chi connectivity index (χ3v) is 6.58. The van der Waals surface area contributed by atoms with Gasteiger partial charge in [0.05, 0.1) is 10.2 Å². The second kappa shape index (κ2) is 7.84.